The molecule has 4 unspecified atom stereocenters. The zero-order valence-electron chi connectivity index (χ0n) is 25.4. The summed E-state index contributed by atoms with van der Waals surface area (Å²) < 4.78 is 1.22. The van der Waals surface area contributed by atoms with Crippen LogP contribution in [0.5, 0.6) is 0 Å². The van der Waals surface area contributed by atoms with Crippen LogP contribution in [0.25, 0.3) is 22.3 Å². The van der Waals surface area contributed by atoms with Gasteiger partial charge in [-0.2, -0.15) is 0 Å². The van der Waals surface area contributed by atoms with E-state index in [2.05, 4.69) is 144 Å². The third-order valence-electron chi connectivity index (χ3n) is 12.5. The summed E-state index contributed by atoms with van der Waals surface area (Å²) in [6, 6.07) is 41.7. The average molecular weight is 635 g/mol. The maximum atomic E-state index is 3.88. The second-order valence-electron chi connectivity index (χ2n) is 14.7. The van der Waals surface area contributed by atoms with Crippen LogP contribution in [0.3, 0.4) is 0 Å². The minimum atomic E-state index is -0.0383. The van der Waals surface area contributed by atoms with Gasteiger partial charge in [-0.1, -0.05) is 90.4 Å². The fourth-order valence-corrected chi connectivity index (χ4v) is 11.3. The van der Waals surface area contributed by atoms with Crippen molar-refractivity contribution in [2.75, 3.05) is 4.90 Å². The fraction of sp³-hybridized carbons (Fsp3) is 0.286. The van der Waals surface area contributed by atoms with E-state index in [0.717, 1.165) is 23.7 Å². The first-order valence-electron chi connectivity index (χ1n) is 16.5. The molecule has 0 amide bonds. The largest absolute Gasteiger partial charge is 0.310 e. The number of anilines is 3. The van der Waals surface area contributed by atoms with E-state index in [-0.39, 0.29) is 10.8 Å². The molecule has 0 aromatic heterocycles. The summed E-state index contributed by atoms with van der Waals surface area (Å²) >= 11 is 3.88. The van der Waals surface area contributed by atoms with E-state index in [0.29, 0.717) is 0 Å². The Morgan fingerprint density at radius 3 is 1.98 bits per heavy atom. The molecule has 0 aliphatic heterocycles. The van der Waals surface area contributed by atoms with Crippen LogP contribution in [0.1, 0.15) is 61.8 Å². The van der Waals surface area contributed by atoms with Crippen molar-refractivity contribution in [3.8, 4) is 22.3 Å². The maximum Gasteiger partial charge on any atom is 0.0465 e. The number of benzene rings is 5. The third kappa shape index (κ3) is 3.15. The molecule has 4 bridgehead atoms. The molecule has 44 heavy (non-hydrogen) atoms. The van der Waals surface area contributed by atoms with Gasteiger partial charge in [-0.15, -0.1) is 0 Å². The first kappa shape index (κ1) is 25.7. The van der Waals surface area contributed by atoms with Crippen molar-refractivity contribution in [1.82, 2.24) is 0 Å². The number of para-hydroxylation sites is 1. The van der Waals surface area contributed by atoms with E-state index in [1.54, 1.807) is 11.1 Å². The number of rotatable bonds is 3. The van der Waals surface area contributed by atoms with Gasteiger partial charge in [-0.25, -0.2) is 0 Å². The first-order valence-corrected chi connectivity index (χ1v) is 17.3. The van der Waals surface area contributed by atoms with Crippen molar-refractivity contribution >= 4 is 33.0 Å². The van der Waals surface area contributed by atoms with Crippen LogP contribution in [0.15, 0.2) is 114 Å². The van der Waals surface area contributed by atoms with E-state index in [9.17, 15) is 0 Å². The van der Waals surface area contributed by atoms with Crippen LogP contribution in [0, 0.1) is 23.7 Å². The topological polar surface area (TPSA) is 3.24 Å². The molecule has 0 saturated heterocycles. The van der Waals surface area contributed by atoms with E-state index in [1.807, 2.05) is 0 Å². The lowest BCUT2D eigenvalue weighted by Crippen LogP contribution is -2.40. The van der Waals surface area contributed by atoms with E-state index in [4.69, 9.17) is 0 Å². The van der Waals surface area contributed by atoms with E-state index < -0.39 is 0 Å². The second-order valence-corrected chi connectivity index (χ2v) is 15.6. The molecule has 6 aliphatic rings. The Morgan fingerprint density at radius 2 is 1.20 bits per heavy atom. The number of nitrogens with zero attached hydrogens (tertiary/aromatic N) is 1. The highest BCUT2D eigenvalue weighted by atomic mass is 79.9. The highest BCUT2D eigenvalue weighted by Crippen LogP contribution is 2.73. The lowest BCUT2D eigenvalue weighted by Gasteiger charge is -2.44. The van der Waals surface area contributed by atoms with Gasteiger partial charge >= 0.3 is 0 Å². The minimum Gasteiger partial charge on any atom is -0.310 e. The molecule has 216 valence electrons. The van der Waals surface area contributed by atoms with Gasteiger partial charge < -0.3 is 4.90 Å². The van der Waals surface area contributed by atoms with Gasteiger partial charge in [0.2, 0.25) is 0 Å². The van der Waals surface area contributed by atoms with Gasteiger partial charge in [0, 0.05) is 32.4 Å². The van der Waals surface area contributed by atoms with E-state index >= 15 is 0 Å². The Bertz CT molecular complexity index is 2000. The van der Waals surface area contributed by atoms with Gasteiger partial charge in [0.05, 0.1) is 0 Å². The number of hydrogen-bond acceptors (Lipinski definition) is 1. The highest BCUT2D eigenvalue weighted by Gasteiger charge is 2.66. The molecule has 1 nitrogen and oxygen atoms in total. The van der Waals surface area contributed by atoms with Crippen LogP contribution < -0.4 is 4.90 Å². The summed E-state index contributed by atoms with van der Waals surface area (Å²) in [5, 5.41) is 0. The van der Waals surface area contributed by atoms with Gasteiger partial charge in [0.1, 0.15) is 0 Å². The van der Waals surface area contributed by atoms with Crippen molar-refractivity contribution in [1.29, 1.82) is 0 Å². The number of halogens is 1. The average Bonchev–Trinajstić information content (AvgIpc) is 3.65. The fourth-order valence-electron chi connectivity index (χ4n) is 11.0. The summed E-state index contributed by atoms with van der Waals surface area (Å²) in [4.78, 5) is 2.51. The molecule has 1 spiro atoms. The molecule has 11 rings (SSSR count). The molecule has 0 radical (unpaired) electrons. The van der Waals surface area contributed by atoms with Crippen LogP contribution in [0.4, 0.5) is 17.1 Å². The van der Waals surface area contributed by atoms with Crippen LogP contribution >= 0.6 is 15.9 Å². The maximum absolute atomic E-state index is 3.88. The summed E-state index contributed by atoms with van der Waals surface area (Å²) in [5.41, 5.74) is 15.5. The minimum absolute atomic E-state index is 0.0383. The molecule has 5 aromatic rings. The number of hydrogen-bond donors (Lipinski definition) is 0. The SMILES string of the molecule is CC1(C)c2ccccc2-c2ccc(N(c3ccccc3)c3ccc4c(c3)C3(c5cc(Br)ccc5-4)C4CC5CC(C4)[C@H]3C5)cc21. The summed E-state index contributed by atoms with van der Waals surface area (Å²) in [6.07, 6.45) is 5.65. The molecule has 5 aromatic carbocycles. The Labute approximate surface area is 269 Å². The smallest absolute Gasteiger partial charge is 0.0465 e. The molecule has 0 N–H and O–H groups in total. The number of fused-ring (bicyclic) bond motifs is 6. The summed E-state index contributed by atoms with van der Waals surface area (Å²) in [5.74, 6) is 3.34. The lowest BCUT2D eigenvalue weighted by molar-refractivity contribution is 0.191. The Kier molecular flexibility index (Phi) is 5.11. The molecular formula is C42H36BrN. The van der Waals surface area contributed by atoms with Crippen molar-refractivity contribution in [2.24, 2.45) is 23.7 Å². The Hall–Kier alpha value is -3.62. The van der Waals surface area contributed by atoms with Gasteiger partial charge in [0.15, 0.2) is 0 Å². The molecule has 0 heterocycles. The zero-order chi connectivity index (χ0) is 29.4. The Balaban J connectivity index is 1.18. The lowest BCUT2D eigenvalue weighted by atomic mass is 9.59. The van der Waals surface area contributed by atoms with Gasteiger partial charge in [-0.05, 0) is 142 Å². The van der Waals surface area contributed by atoms with E-state index in [1.165, 1.54) is 80.6 Å². The molecule has 2 heteroatoms. The quantitative estimate of drug-likeness (QED) is 0.191. The standard InChI is InChI=1S/C42H36BrN/c1-41(2)36-11-7-6-10-32(36)33-16-13-30(23-38(33)41)44(29-8-4-3-5-9-29)31-14-17-35-34-15-12-28(43)22-39(34)42(40(35)24-31)27-19-25-18-26(21-27)37(42)20-25/h3-17,22-27,37H,18-21H2,1-2H3/t25?,26?,27?,37-,42?/m1/s1. The van der Waals surface area contributed by atoms with Crippen LogP contribution in [-0.4, -0.2) is 0 Å². The molecule has 4 saturated carbocycles. The Morgan fingerprint density at radius 1 is 0.568 bits per heavy atom. The molecule has 6 aliphatic carbocycles. The van der Waals surface area contributed by atoms with Gasteiger partial charge in [0.25, 0.3) is 0 Å². The van der Waals surface area contributed by atoms with Crippen LogP contribution in [0.2, 0.25) is 0 Å². The summed E-state index contributed by atoms with van der Waals surface area (Å²) in [7, 11) is 0. The van der Waals surface area contributed by atoms with Crippen molar-refractivity contribution in [2.45, 2.75) is 50.4 Å². The van der Waals surface area contributed by atoms with Crippen molar-refractivity contribution in [3.63, 3.8) is 0 Å². The highest BCUT2D eigenvalue weighted by molar-refractivity contribution is 9.10. The molecule has 4 fully saturated rings. The normalized spacial score (nSPS) is 27.3. The van der Waals surface area contributed by atoms with Crippen molar-refractivity contribution in [3.05, 3.63) is 136 Å². The predicted molar refractivity (Wildman–Crippen MR) is 185 cm³/mol. The zero-order valence-corrected chi connectivity index (χ0v) is 26.9. The van der Waals surface area contributed by atoms with Crippen LogP contribution in [-0.2, 0) is 10.8 Å². The third-order valence-corrected chi connectivity index (χ3v) is 13.0. The molecular weight excluding hydrogens is 598 g/mol. The monoisotopic (exact) mass is 633 g/mol. The predicted octanol–water partition coefficient (Wildman–Crippen LogP) is 11.6. The first-order chi connectivity index (χ1) is 21.4. The second kappa shape index (κ2) is 8.76. The summed E-state index contributed by atoms with van der Waals surface area (Å²) in [6.45, 7) is 4.76. The molecule has 5 atom stereocenters. The van der Waals surface area contributed by atoms with Crippen molar-refractivity contribution < 1.29 is 0 Å². The van der Waals surface area contributed by atoms with Gasteiger partial charge in [-0.3, -0.25) is 0 Å².